The molecule has 0 aromatic heterocycles. The van der Waals surface area contributed by atoms with Gasteiger partial charge in [-0.1, -0.05) is 0 Å². The summed E-state index contributed by atoms with van der Waals surface area (Å²) in [4.78, 5) is 0. The van der Waals surface area contributed by atoms with Crippen molar-refractivity contribution in [3.05, 3.63) is 0 Å². The molecule has 1 heterocycles. The van der Waals surface area contributed by atoms with Crippen molar-refractivity contribution in [2.45, 2.75) is 63.9 Å². The molecule has 110 valence electrons. The first kappa shape index (κ1) is 16.9. The summed E-state index contributed by atoms with van der Waals surface area (Å²) in [5, 5.41) is 8.39. The van der Waals surface area contributed by atoms with E-state index in [4.69, 9.17) is 18.5 Å². The summed E-state index contributed by atoms with van der Waals surface area (Å²) in [6.45, 7) is 7.94. The third-order valence-corrected chi connectivity index (χ3v) is 10.4. The standard InChI is InChI=1S/C13H27NO3Si2/c1-13-7-4-12-19(3,16-13)17-18(2)11-6-10-15-9-5-8-14/h13,18H,4-7,9-12H2,1-3H3. The van der Waals surface area contributed by atoms with Crippen LogP contribution in [0.5, 0.6) is 0 Å². The fourth-order valence-corrected chi connectivity index (χ4v) is 9.76. The second-order valence-corrected chi connectivity index (χ2v) is 11.7. The Kier molecular flexibility index (Phi) is 7.87. The van der Waals surface area contributed by atoms with E-state index in [-0.39, 0.29) is 0 Å². The van der Waals surface area contributed by atoms with E-state index < -0.39 is 17.6 Å². The fraction of sp³-hybridized carbons (Fsp3) is 0.923. The molecule has 0 spiro atoms. The summed E-state index contributed by atoms with van der Waals surface area (Å²) in [6, 6.07) is 4.36. The van der Waals surface area contributed by atoms with E-state index in [1.165, 1.54) is 12.8 Å². The van der Waals surface area contributed by atoms with Crippen molar-refractivity contribution >= 4 is 17.6 Å². The Morgan fingerprint density at radius 2 is 2.26 bits per heavy atom. The molecule has 0 aromatic carbocycles. The quantitative estimate of drug-likeness (QED) is 0.511. The minimum atomic E-state index is -1.87. The van der Waals surface area contributed by atoms with Gasteiger partial charge in [-0.05, 0) is 51.4 Å². The van der Waals surface area contributed by atoms with Crippen molar-refractivity contribution in [1.29, 1.82) is 5.26 Å². The normalized spacial score (nSPS) is 28.8. The summed E-state index contributed by atoms with van der Waals surface area (Å²) in [6.07, 6.45) is 4.33. The summed E-state index contributed by atoms with van der Waals surface area (Å²) >= 11 is 0. The SMILES string of the molecule is CC1CCC[Si](C)(O[SiH](C)CCCOCCC#N)O1. The second-order valence-electron chi connectivity index (χ2n) is 5.55. The highest BCUT2D eigenvalue weighted by atomic mass is 28.4. The van der Waals surface area contributed by atoms with Crippen LogP contribution in [0.1, 0.15) is 32.6 Å². The Hall–Kier alpha value is -0.196. The van der Waals surface area contributed by atoms with Crippen molar-refractivity contribution in [1.82, 2.24) is 0 Å². The Bertz CT molecular complexity index is 298. The highest BCUT2D eigenvalue weighted by Crippen LogP contribution is 2.27. The first-order chi connectivity index (χ1) is 9.06. The van der Waals surface area contributed by atoms with E-state index >= 15 is 0 Å². The highest BCUT2D eigenvalue weighted by molar-refractivity contribution is 6.74. The molecule has 1 fully saturated rings. The van der Waals surface area contributed by atoms with E-state index in [2.05, 4.69) is 26.1 Å². The van der Waals surface area contributed by atoms with Gasteiger partial charge in [0.1, 0.15) is 0 Å². The number of hydrogen-bond acceptors (Lipinski definition) is 4. The zero-order valence-electron chi connectivity index (χ0n) is 12.5. The van der Waals surface area contributed by atoms with Crippen LogP contribution in [0.2, 0.25) is 25.2 Å². The van der Waals surface area contributed by atoms with Crippen molar-refractivity contribution in [3.8, 4) is 6.07 Å². The summed E-state index contributed by atoms with van der Waals surface area (Å²) in [5.41, 5.74) is 0. The molecule has 1 aliphatic rings. The zero-order valence-corrected chi connectivity index (χ0v) is 14.6. The van der Waals surface area contributed by atoms with Crippen molar-refractivity contribution in [3.63, 3.8) is 0 Å². The lowest BCUT2D eigenvalue weighted by Crippen LogP contribution is -2.47. The van der Waals surface area contributed by atoms with E-state index in [9.17, 15) is 0 Å². The molecular formula is C13H27NO3Si2. The first-order valence-corrected chi connectivity index (χ1v) is 12.3. The van der Waals surface area contributed by atoms with Gasteiger partial charge in [-0.3, -0.25) is 0 Å². The highest BCUT2D eigenvalue weighted by Gasteiger charge is 2.37. The van der Waals surface area contributed by atoms with Gasteiger partial charge in [0.15, 0.2) is 9.04 Å². The molecular weight excluding hydrogens is 274 g/mol. The average Bonchev–Trinajstić information content (AvgIpc) is 2.32. The van der Waals surface area contributed by atoms with Crippen molar-refractivity contribution in [2.75, 3.05) is 13.2 Å². The van der Waals surface area contributed by atoms with Crippen LogP contribution < -0.4 is 0 Å². The number of ether oxygens (including phenoxy) is 1. The molecule has 1 aliphatic heterocycles. The summed E-state index contributed by atoms with van der Waals surface area (Å²) < 4.78 is 17.8. The number of nitriles is 1. The lowest BCUT2D eigenvalue weighted by atomic mass is 10.2. The maximum Gasteiger partial charge on any atom is 0.324 e. The van der Waals surface area contributed by atoms with Gasteiger partial charge in [0.05, 0.1) is 19.1 Å². The molecule has 4 nitrogen and oxygen atoms in total. The van der Waals surface area contributed by atoms with Gasteiger partial charge in [-0.15, -0.1) is 0 Å². The molecule has 0 aromatic rings. The lowest BCUT2D eigenvalue weighted by molar-refractivity contribution is 0.134. The minimum Gasteiger partial charge on any atom is -0.439 e. The van der Waals surface area contributed by atoms with Crippen LogP contribution in [0.4, 0.5) is 0 Å². The molecule has 3 atom stereocenters. The molecule has 0 amide bonds. The molecule has 0 bridgehead atoms. The minimum absolute atomic E-state index is 0.376. The smallest absolute Gasteiger partial charge is 0.324 e. The topological polar surface area (TPSA) is 51.5 Å². The molecule has 1 rings (SSSR count). The third kappa shape index (κ3) is 7.23. The second kappa shape index (κ2) is 8.87. The zero-order chi connectivity index (χ0) is 14.1. The number of nitrogens with zero attached hydrogens (tertiary/aromatic N) is 1. The van der Waals surface area contributed by atoms with Crippen LogP contribution in [0.25, 0.3) is 0 Å². The van der Waals surface area contributed by atoms with Crippen LogP contribution >= 0.6 is 0 Å². The van der Waals surface area contributed by atoms with E-state index in [1.807, 2.05) is 0 Å². The van der Waals surface area contributed by atoms with Crippen LogP contribution in [-0.2, 0) is 13.3 Å². The molecule has 0 radical (unpaired) electrons. The van der Waals surface area contributed by atoms with Crippen LogP contribution in [0, 0.1) is 11.3 Å². The Balaban J connectivity index is 2.12. The molecule has 19 heavy (non-hydrogen) atoms. The van der Waals surface area contributed by atoms with Crippen LogP contribution in [-0.4, -0.2) is 36.9 Å². The molecule has 0 N–H and O–H groups in total. The predicted molar refractivity (Wildman–Crippen MR) is 80.8 cm³/mol. The number of hydrogen-bond donors (Lipinski definition) is 0. The molecule has 6 heteroatoms. The van der Waals surface area contributed by atoms with Crippen LogP contribution in [0.15, 0.2) is 0 Å². The molecule has 0 saturated carbocycles. The van der Waals surface area contributed by atoms with E-state index in [1.54, 1.807) is 0 Å². The average molecular weight is 302 g/mol. The maximum atomic E-state index is 8.39. The first-order valence-electron chi connectivity index (χ1n) is 7.36. The molecule has 1 saturated heterocycles. The number of rotatable bonds is 8. The summed E-state index contributed by atoms with van der Waals surface area (Å²) in [5.74, 6) is 0. The van der Waals surface area contributed by atoms with E-state index in [0.29, 0.717) is 19.1 Å². The monoisotopic (exact) mass is 301 g/mol. The Morgan fingerprint density at radius 3 is 2.95 bits per heavy atom. The lowest BCUT2D eigenvalue weighted by Gasteiger charge is -2.37. The van der Waals surface area contributed by atoms with E-state index in [0.717, 1.165) is 25.1 Å². The van der Waals surface area contributed by atoms with Crippen LogP contribution in [0.3, 0.4) is 0 Å². The Labute approximate surface area is 120 Å². The largest absolute Gasteiger partial charge is 0.439 e. The maximum absolute atomic E-state index is 8.39. The summed E-state index contributed by atoms with van der Waals surface area (Å²) in [7, 11) is -3.00. The van der Waals surface area contributed by atoms with Crippen molar-refractivity contribution in [2.24, 2.45) is 0 Å². The third-order valence-electron chi connectivity index (χ3n) is 3.40. The van der Waals surface area contributed by atoms with Gasteiger partial charge in [0.25, 0.3) is 0 Å². The van der Waals surface area contributed by atoms with Gasteiger partial charge >= 0.3 is 8.56 Å². The van der Waals surface area contributed by atoms with Gasteiger partial charge in [-0.25, -0.2) is 0 Å². The molecule has 3 unspecified atom stereocenters. The van der Waals surface area contributed by atoms with Gasteiger partial charge in [0.2, 0.25) is 0 Å². The van der Waals surface area contributed by atoms with Gasteiger partial charge in [0, 0.05) is 12.7 Å². The van der Waals surface area contributed by atoms with Gasteiger partial charge < -0.3 is 13.3 Å². The van der Waals surface area contributed by atoms with Crippen molar-refractivity contribution < 1.29 is 13.3 Å². The van der Waals surface area contributed by atoms with Gasteiger partial charge in [-0.2, -0.15) is 5.26 Å². The fourth-order valence-electron chi connectivity index (χ4n) is 2.52. The molecule has 0 aliphatic carbocycles. The predicted octanol–water partition coefficient (Wildman–Crippen LogP) is 2.95. The Morgan fingerprint density at radius 1 is 1.47 bits per heavy atom.